The number of carbonyl (C=O) groups excluding carboxylic acids is 2. The molecule has 1 fully saturated rings. The van der Waals surface area contributed by atoms with Crippen molar-refractivity contribution in [2.75, 3.05) is 0 Å². The molecule has 0 aromatic carbocycles. The van der Waals surface area contributed by atoms with E-state index < -0.39 is 0 Å². The van der Waals surface area contributed by atoms with E-state index in [1.54, 1.807) is 0 Å². The molecule has 0 unspecified atom stereocenters. The molecular formula is C12H21NO2. The molecule has 3 nitrogen and oxygen atoms in total. The van der Waals surface area contributed by atoms with E-state index in [2.05, 4.69) is 5.32 Å². The summed E-state index contributed by atoms with van der Waals surface area (Å²) >= 11 is 0. The molecule has 1 aliphatic carbocycles. The first-order valence-electron chi connectivity index (χ1n) is 5.97. The van der Waals surface area contributed by atoms with E-state index in [4.69, 9.17) is 0 Å². The van der Waals surface area contributed by atoms with Crippen LogP contribution in [0.1, 0.15) is 58.3 Å². The van der Waals surface area contributed by atoms with Crippen molar-refractivity contribution in [3.63, 3.8) is 0 Å². The zero-order valence-electron chi connectivity index (χ0n) is 9.55. The molecular weight excluding hydrogens is 190 g/mol. The van der Waals surface area contributed by atoms with Gasteiger partial charge in [-0.2, -0.15) is 0 Å². The van der Waals surface area contributed by atoms with Gasteiger partial charge in [0.2, 0.25) is 5.91 Å². The van der Waals surface area contributed by atoms with Crippen LogP contribution >= 0.6 is 0 Å². The number of carbonyl (C=O) groups is 2. The summed E-state index contributed by atoms with van der Waals surface area (Å²) in [7, 11) is 0. The van der Waals surface area contributed by atoms with Crippen LogP contribution in [0.15, 0.2) is 0 Å². The largest absolute Gasteiger partial charge is 0.353 e. The van der Waals surface area contributed by atoms with E-state index in [0.29, 0.717) is 6.04 Å². The Morgan fingerprint density at radius 3 is 2.13 bits per heavy atom. The second kappa shape index (κ2) is 6.59. The van der Waals surface area contributed by atoms with Gasteiger partial charge in [0.05, 0.1) is 6.42 Å². The summed E-state index contributed by atoms with van der Waals surface area (Å²) in [6, 6.07) is 0.303. The molecule has 1 N–H and O–H groups in total. The molecule has 15 heavy (non-hydrogen) atoms. The molecule has 0 radical (unpaired) electrons. The van der Waals surface area contributed by atoms with Crippen molar-refractivity contribution in [1.82, 2.24) is 5.32 Å². The molecule has 0 aromatic heterocycles. The van der Waals surface area contributed by atoms with Gasteiger partial charge in [-0.1, -0.05) is 32.1 Å². The maximum absolute atomic E-state index is 11.4. The number of amides is 1. The second-order valence-corrected chi connectivity index (χ2v) is 4.49. The number of Topliss-reactive ketones (excluding diaryl/α,β-unsaturated/α-hetero) is 1. The first-order chi connectivity index (χ1) is 7.18. The molecule has 0 spiro atoms. The van der Waals surface area contributed by atoms with Crippen LogP contribution in [0.4, 0.5) is 0 Å². The normalized spacial score (nSPS) is 19.0. The molecule has 0 aliphatic heterocycles. The van der Waals surface area contributed by atoms with Gasteiger partial charge in [0.25, 0.3) is 0 Å². The maximum atomic E-state index is 11.4. The third-order valence-electron chi connectivity index (χ3n) is 2.88. The highest BCUT2D eigenvalue weighted by Crippen LogP contribution is 2.17. The van der Waals surface area contributed by atoms with Gasteiger partial charge in [-0.05, 0) is 19.8 Å². The second-order valence-electron chi connectivity index (χ2n) is 4.49. The van der Waals surface area contributed by atoms with Crippen molar-refractivity contribution in [1.29, 1.82) is 0 Å². The summed E-state index contributed by atoms with van der Waals surface area (Å²) in [5.41, 5.74) is 0. The summed E-state index contributed by atoms with van der Waals surface area (Å²) in [5, 5.41) is 2.96. The van der Waals surface area contributed by atoms with Gasteiger partial charge in [-0.25, -0.2) is 0 Å². The number of hydrogen-bond acceptors (Lipinski definition) is 2. The average Bonchev–Trinajstić information content (AvgIpc) is 2.08. The quantitative estimate of drug-likeness (QED) is 0.727. The van der Waals surface area contributed by atoms with Gasteiger partial charge in [-0.15, -0.1) is 0 Å². The third-order valence-corrected chi connectivity index (χ3v) is 2.88. The summed E-state index contributed by atoms with van der Waals surface area (Å²) in [5.74, 6) is -0.161. The number of nitrogens with one attached hydrogen (secondary N) is 1. The summed E-state index contributed by atoms with van der Waals surface area (Å²) in [4.78, 5) is 22.1. The number of ketones is 1. The van der Waals surface area contributed by atoms with Crippen molar-refractivity contribution in [2.24, 2.45) is 0 Å². The summed E-state index contributed by atoms with van der Waals surface area (Å²) in [6.45, 7) is 1.46. The van der Waals surface area contributed by atoms with E-state index in [-0.39, 0.29) is 18.1 Å². The van der Waals surface area contributed by atoms with Gasteiger partial charge in [0, 0.05) is 6.04 Å². The Balaban J connectivity index is 2.28. The highest BCUT2D eigenvalue weighted by atomic mass is 16.2. The Morgan fingerprint density at radius 1 is 1.07 bits per heavy atom. The molecule has 0 heterocycles. The van der Waals surface area contributed by atoms with Gasteiger partial charge in [0.15, 0.2) is 0 Å². The van der Waals surface area contributed by atoms with Gasteiger partial charge in [0.1, 0.15) is 5.78 Å². The van der Waals surface area contributed by atoms with Crippen molar-refractivity contribution in [3.05, 3.63) is 0 Å². The Bertz CT molecular complexity index is 218. The van der Waals surface area contributed by atoms with E-state index in [1.165, 1.54) is 39.0 Å². The average molecular weight is 211 g/mol. The lowest BCUT2D eigenvalue weighted by Gasteiger charge is -2.20. The van der Waals surface area contributed by atoms with Crippen LogP contribution in [-0.2, 0) is 9.59 Å². The molecule has 0 saturated heterocycles. The van der Waals surface area contributed by atoms with Crippen LogP contribution < -0.4 is 5.32 Å². The Morgan fingerprint density at radius 2 is 1.60 bits per heavy atom. The smallest absolute Gasteiger partial charge is 0.227 e. The van der Waals surface area contributed by atoms with Crippen molar-refractivity contribution in [3.8, 4) is 0 Å². The molecule has 3 heteroatoms. The highest BCUT2D eigenvalue weighted by molar-refractivity contribution is 5.96. The van der Waals surface area contributed by atoms with Gasteiger partial charge in [-0.3, -0.25) is 9.59 Å². The van der Waals surface area contributed by atoms with Crippen LogP contribution in [0.25, 0.3) is 0 Å². The minimum atomic E-state index is -0.104. The lowest BCUT2D eigenvalue weighted by atomic mass is 9.96. The van der Waals surface area contributed by atoms with Crippen molar-refractivity contribution >= 4 is 11.7 Å². The Hall–Kier alpha value is -0.860. The molecule has 86 valence electrons. The zero-order valence-corrected chi connectivity index (χ0v) is 9.55. The minimum absolute atomic E-state index is 0.0382. The molecule has 1 amide bonds. The van der Waals surface area contributed by atoms with E-state index >= 15 is 0 Å². The van der Waals surface area contributed by atoms with E-state index in [1.807, 2.05) is 0 Å². The predicted molar refractivity (Wildman–Crippen MR) is 59.5 cm³/mol. The maximum Gasteiger partial charge on any atom is 0.227 e. The molecule has 1 aliphatic rings. The lowest BCUT2D eigenvalue weighted by molar-refractivity contribution is -0.127. The number of rotatable bonds is 3. The standard InChI is InChI=1S/C12H21NO2/c1-10(14)9-12(15)13-11-7-5-3-2-4-6-8-11/h11H,2-9H2,1H3,(H,13,15). The SMILES string of the molecule is CC(=O)CC(=O)NC1CCCCCCC1. The fourth-order valence-electron chi connectivity index (χ4n) is 2.11. The predicted octanol–water partition coefficient (Wildman–Crippen LogP) is 2.19. The van der Waals surface area contributed by atoms with Crippen LogP contribution in [0.3, 0.4) is 0 Å². The van der Waals surface area contributed by atoms with Gasteiger partial charge < -0.3 is 5.32 Å². The Kier molecular flexibility index (Phi) is 5.37. The van der Waals surface area contributed by atoms with Crippen LogP contribution in [0.2, 0.25) is 0 Å². The fraction of sp³-hybridized carbons (Fsp3) is 0.833. The van der Waals surface area contributed by atoms with E-state index in [0.717, 1.165) is 12.8 Å². The summed E-state index contributed by atoms with van der Waals surface area (Å²) < 4.78 is 0. The zero-order chi connectivity index (χ0) is 11.1. The minimum Gasteiger partial charge on any atom is -0.353 e. The van der Waals surface area contributed by atoms with Gasteiger partial charge >= 0.3 is 0 Å². The van der Waals surface area contributed by atoms with Crippen molar-refractivity contribution < 1.29 is 9.59 Å². The van der Waals surface area contributed by atoms with E-state index in [9.17, 15) is 9.59 Å². The highest BCUT2D eigenvalue weighted by Gasteiger charge is 2.14. The van der Waals surface area contributed by atoms with Crippen LogP contribution in [-0.4, -0.2) is 17.7 Å². The van der Waals surface area contributed by atoms with Crippen molar-refractivity contribution in [2.45, 2.75) is 64.3 Å². The molecule has 1 saturated carbocycles. The third kappa shape index (κ3) is 5.55. The first-order valence-corrected chi connectivity index (χ1v) is 5.97. The molecule has 0 bridgehead atoms. The molecule has 1 rings (SSSR count). The fourth-order valence-corrected chi connectivity index (χ4v) is 2.11. The van der Waals surface area contributed by atoms with Crippen LogP contribution in [0.5, 0.6) is 0 Å². The van der Waals surface area contributed by atoms with Crippen LogP contribution in [0, 0.1) is 0 Å². The monoisotopic (exact) mass is 211 g/mol. The lowest BCUT2D eigenvalue weighted by Crippen LogP contribution is -2.36. The molecule has 0 atom stereocenters. The Labute approximate surface area is 91.6 Å². The number of hydrogen-bond donors (Lipinski definition) is 1. The topological polar surface area (TPSA) is 46.2 Å². The molecule has 0 aromatic rings. The first kappa shape index (κ1) is 12.2. The summed E-state index contributed by atoms with van der Waals surface area (Å²) in [6.07, 6.45) is 8.46.